The zero-order chi connectivity index (χ0) is 15.3. The molecular weight excluding hydrogens is 348 g/mol. The van der Waals surface area contributed by atoms with Gasteiger partial charge in [-0.2, -0.15) is 0 Å². The van der Waals surface area contributed by atoms with E-state index in [1.54, 1.807) is 0 Å². The number of nitrogens with zero attached hydrogens (tertiary/aromatic N) is 2. The van der Waals surface area contributed by atoms with Gasteiger partial charge in [-0.1, -0.05) is 37.5 Å². The highest BCUT2D eigenvalue weighted by molar-refractivity contribution is 5.47. The SMILES string of the molecule is C[N+]1(CCN(c2ccccc2)C2CCCCC2)CCCCC1.[Br-]. The predicted molar refractivity (Wildman–Crippen MR) is 95.3 cm³/mol. The topological polar surface area (TPSA) is 3.24 Å². The van der Waals surface area contributed by atoms with Gasteiger partial charge in [0.1, 0.15) is 0 Å². The fourth-order valence-corrected chi connectivity index (χ4v) is 4.38. The van der Waals surface area contributed by atoms with Crippen molar-refractivity contribution in [2.45, 2.75) is 57.4 Å². The minimum absolute atomic E-state index is 0. The van der Waals surface area contributed by atoms with E-state index >= 15 is 0 Å². The molecule has 2 fully saturated rings. The third-order valence-electron chi connectivity index (χ3n) is 5.88. The number of likely N-dealkylation sites (tertiary alicyclic amines) is 1. The summed E-state index contributed by atoms with van der Waals surface area (Å²) < 4.78 is 1.29. The minimum Gasteiger partial charge on any atom is -1.00 e. The van der Waals surface area contributed by atoms with Crippen LogP contribution in [0.15, 0.2) is 30.3 Å². The van der Waals surface area contributed by atoms with Crippen molar-refractivity contribution >= 4 is 5.69 Å². The zero-order valence-corrected chi connectivity index (χ0v) is 16.3. The minimum atomic E-state index is 0. The maximum atomic E-state index is 2.73. The van der Waals surface area contributed by atoms with Crippen LogP contribution in [0.5, 0.6) is 0 Å². The zero-order valence-electron chi connectivity index (χ0n) is 14.7. The molecule has 0 spiro atoms. The number of likely N-dealkylation sites (N-methyl/N-ethyl adjacent to an activating group) is 1. The molecule has 0 bridgehead atoms. The molecular formula is C20H33BrN2. The van der Waals surface area contributed by atoms with Crippen molar-refractivity contribution in [3.63, 3.8) is 0 Å². The Labute approximate surface area is 153 Å². The van der Waals surface area contributed by atoms with Crippen LogP contribution < -0.4 is 21.9 Å². The average Bonchev–Trinajstić information content (AvgIpc) is 2.58. The normalized spacial score (nSPS) is 21.4. The van der Waals surface area contributed by atoms with Crippen LogP contribution >= 0.6 is 0 Å². The van der Waals surface area contributed by atoms with Gasteiger partial charge in [-0.25, -0.2) is 0 Å². The Kier molecular flexibility index (Phi) is 7.42. The van der Waals surface area contributed by atoms with Gasteiger partial charge in [0.25, 0.3) is 0 Å². The molecule has 130 valence electrons. The lowest BCUT2D eigenvalue weighted by molar-refractivity contribution is -0.912. The Morgan fingerprint density at radius 2 is 1.52 bits per heavy atom. The largest absolute Gasteiger partial charge is 1.00 e. The van der Waals surface area contributed by atoms with Gasteiger partial charge in [0.2, 0.25) is 0 Å². The average molecular weight is 381 g/mol. The smallest absolute Gasteiger partial charge is 0.0962 e. The number of para-hydroxylation sites is 1. The van der Waals surface area contributed by atoms with E-state index in [9.17, 15) is 0 Å². The summed E-state index contributed by atoms with van der Waals surface area (Å²) in [6, 6.07) is 11.9. The summed E-state index contributed by atoms with van der Waals surface area (Å²) in [6.07, 6.45) is 11.3. The van der Waals surface area contributed by atoms with Crippen molar-refractivity contribution < 1.29 is 21.5 Å². The quantitative estimate of drug-likeness (QED) is 0.699. The number of hydrogen-bond acceptors (Lipinski definition) is 1. The Bertz CT molecular complexity index is 436. The molecule has 0 N–H and O–H groups in total. The van der Waals surface area contributed by atoms with E-state index in [2.05, 4.69) is 42.3 Å². The van der Waals surface area contributed by atoms with Crippen LogP contribution in [0.1, 0.15) is 51.4 Å². The highest BCUT2D eigenvalue weighted by Gasteiger charge is 2.28. The molecule has 3 rings (SSSR count). The Morgan fingerprint density at radius 3 is 2.17 bits per heavy atom. The van der Waals surface area contributed by atoms with E-state index in [4.69, 9.17) is 0 Å². The van der Waals surface area contributed by atoms with Crippen LogP contribution in [0, 0.1) is 0 Å². The molecule has 1 saturated carbocycles. The number of quaternary nitrogens is 1. The van der Waals surface area contributed by atoms with Crippen LogP contribution in [0.4, 0.5) is 5.69 Å². The standard InChI is InChI=1S/C20H33N2.BrH/c1-22(16-9-4-10-17-22)18-15-21(19-11-5-2-6-12-19)20-13-7-3-8-14-20;/h2,5-6,11-12,20H,3-4,7-10,13-18H2,1H3;1H/q+1;/p-1. The molecule has 23 heavy (non-hydrogen) atoms. The Balaban J connectivity index is 0.00000192. The predicted octanol–water partition coefficient (Wildman–Crippen LogP) is 1.46. The van der Waals surface area contributed by atoms with Crippen LogP contribution in [0.3, 0.4) is 0 Å². The second-order valence-corrected chi connectivity index (χ2v) is 7.67. The number of anilines is 1. The molecule has 0 aromatic heterocycles. The van der Waals surface area contributed by atoms with Gasteiger partial charge < -0.3 is 26.4 Å². The van der Waals surface area contributed by atoms with Gasteiger partial charge in [-0.15, -0.1) is 0 Å². The lowest BCUT2D eigenvalue weighted by Gasteiger charge is -2.42. The molecule has 0 radical (unpaired) electrons. The van der Waals surface area contributed by atoms with Crippen molar-refractivity contribution in [3.8, 4) is 0 Å². The van der Waals surface area contributed by atoms with Gasteiger partial charge in [0, 0.05) is 11.7 Å². The van der Waals surface area contributed by atoms with Crippen molar-refractivity contribution in [2.24, 2.45) is 0 Å². The van der Waals surface area contributed by atoms with E-state index in [1.807, 2.05) is 0 Å². The van der Waals surface area contributed by atoms with Crippen molar-refractivity contribution in [1.82, 2.24) is 0 Å². The molecule has 1 aromatic carbocycles. The molecule has 1 heterocycles. The summed E-state index contributed by atoms with van der Waals surface area (Å²) in [7, 11) is 2.48. The van der Waals surface area contributed by atoms with Crippen LogP contribution in [-0.4, -0.2) is 43.8 Å². The lowest BCUT2D eigenvalue weighted by Crippen LogP contribution is -3.00. The van der Waals surface area contributed by atoms with E-state index in [0.717, 1.165) is 6.04 Å². The summed E-state index contributed by atoms with van der Waals surface area (Å²) in [6.45, 7) is 5.30. The molecule has 1 aliphatic carbocycles. The van der Waals surface area contributed by atoms with Gasteiger partial charge in [0.15, 0.2) is 0 Å². The fourth-order valence-electron chi connectivity index (χ4n) is 4.38. The molecule has 1 saturated heterocycles. The van der Waals surface area contributed by atoms with Crippen molar-refractivity contribution in [3.05, 3.63) is 30.3 Å². The summed E-state index contributed by atoms with van der Waals surface area (Å²) in [5.74, 6) is 0. The van der Waals surface area contributed by atoms with E-state index in [-0.39, 0.29) is 17.0 Å². The van der Waals surface area contributed by atoms with Crippen molar-refractivity contribution in [2.75, 3.05) is 38.1 Å². The first-order valence-electron chi connectivity index (χ1n) is 9.42. The van der Waals surface area contributed by atoms with Crippen LogP contribution in [0.25, 0.3) is 0 Å². The molecule has 1 aliphatic heterocycles. The molecule has 3 heteroatoms. The highest BCUT2D eigenvalue weighted by Crippen LogP contribution is 2.28. The molecule has 2 nitrogen and oxygen atoms in total. The third-order valence-corrected chi connectivity index (χ3v) is 5.88. The third kappa shape index (κ3) is 5.22. The summed E-state index contributed by atoms with van der Waals surface area (Å²) in [4.78, 5) is 2.73. The van der Waals surface area contributed by atoms with Gasteiger partial charge in [0.05, 0.1) is 33.2 Å². The van der Waals surface area contributed by atoms with Crippen LogP contribution in [-0.2, 0) is 0 Å². The second kappa shape index (κ2) is 9.08. The first-order chi connectivity index (χ1) is 10.8. The molecule has 0 atom stereocenters. The fraction of sp³-hybridized carbons (Fsp3) is 0.700. The number of benzene rings is 1. The molecule has 0 unspecified atom stereocenters. The van der Waals surface area contributed by atoms with Crippen molar-refractivity contribution in [1.29, 1.82) is 0 Å². The summed E-state index contributed by atoms with van der Waals surface area (Å²) >= 11 is 0. The lowest BCUT2D eigenvalue weighted by atomic mass is 9.93. The van der Waals surface area contributed by atoms with Gasteiger partial charge >= 0.3 is 0 Å². The number of rotatable bonds is 5. The number of halogens is 1. The summed E-state index contributed by atoms with van der Waals surface area (Å²) in [5, 5.41) is 0. The first kappa shape index (κ1) is 18.8. The monoisotopic (exact) mass is 380 g/mol. The molecule has 1 aromatic rings. The van der Waals surface area contributed by atoms with E-state index < -0.39 is 0 Å². The molecule has 2 aliphatic rings. The summed E-state index contributed by atoms with van der Waals surface area (Å²) in [5.41, 5.74) is 1.44. The number of piperidine rings is 1. The number of hydrogen-bond donors (Lipinski definition) is 0. The second-order valence-electron chi connectivity index (χ2n) is 7.67. The maximum absolute atomic E-state index is 2.73. The van der Waals surface area contributed by atoms with Gasteiger partial charge in [-0.05, 0) is 44.2 Å². The molecule has 0 amide bonds. The van der Waals surface area contributed by atoms with Gasteiger partial charge in [-0.3, -0.25) is 0 Å². The van der Waals surface area contributed by atoms with E-state index in [1.165, 1.54) is 87.7 Å². The van der Waals surface area contributed by atoms with Crippen LogP contribution in [0.2, 0.25) is 0 Å². The van der Waals surface area contributed by atoms with E-state index in [0.29, 0.717) is 0 Å². The highest BCUT2D eigenvalue weighted by atomic mass is 79.9. The maximum Gasteiger partial charge on any atom is 0.0962 e. The Hall–Kier alpha value is -0.540. The first-order valence-corrected chi connectivity index (χ1v) is 9.42. The Morgan fingerprint density at radius 1 is 0.913 bits per heavy atom.